The smallest absolute Gasteiger partial charge is 0.270 e. The van der Waals surface area contributed by atoms with E-state index in [1.165, 1.54) is 12.1 Å². The van der Waals surface area contributed by atoms with Gasteiger partial charge in [0.05, 0.1) is 29.3 Å². The van der Waals surface area contributed by atoms with Crippen LogP contribution in [0.3, 0.4) is 0 Å². The summed E-state index contributed by atoms with van der Waals surface area (Å²) >= 11 is 0. The van der Waals surface area contributed by atoms with E-state index >= 15 is 0 Å². The first-order chi connectivity index (χ1) is 8.22. The Balaban J connectivity index is 2.34. The molecule has 88 valence electrons. The summed E-state index contributed by atoms with van der Waals surface area (Å²) in [5, 5.41) is 22.8. The lowest BCUT2D eigenvalue weighted by Gasteiger charge is -2.24. The summed E-state index contributed by atoms with van der Waals surface area (Å²) < 4.78 is 5.52. The Hall–Kier alpha value is -1.97. The van der Waals surface area contributed by atoms with Crippen molar-refractivity contribution >= 4 is 5.69 Å². The number of nitrogens with one attached hydrogen (secondary N) is 1. The molecule has 17 heavy (non-hydrogen) atoms. The van der Waals surface area contributed by atoms with Crippen molar-refractivity contribution in [2.45, 2.75) is 6.10 Å². The Kier molecular flexibility index (Phi) is 3.32. The quantitative estimate of drug-likeness (QED) is 0.611. The number of nitriles is 1. The predicted molar refractivity (Wildman–Crippen MR) is 59.4 cm³/mol. The standard InChI is InChI=1S/C11H11N3O3/c12-6-8-5-9(14(15)16)1-2-10(8)11-7-13-3-4-17-11/h1-2,5,11,13H,3-4,7H2. The number of rotatable bonds is 2. The van der Waals surface area contributed by atoms with Crippen LogP contribution in [0.25, 0.3) is 0 Å². The number of ether oxygens (including phenoxy) is 1. The summed E-state index contributed by atoms with van der Waals surface area (Å²) in [7, 11) is 0. The number of nitrogens with zero attached hydrogens (tertiary/aromatic N) is 2. The summed E-state index contributed by atoms with van der Waals surface area (Å²) in [6, 6.07) is 6.25. The van der Waals surface area contributed by atoms with Crippen LogP contribution in [-0.4, -0.2) is 24.6 Å². The minimum absolute atomic E-state index is 0.0749. The summed E-state index contributed by atoms with van der Waals surface area (Å²) in [6.07, 6.45) is -0.209. The number of non-ortho nitro benzene ring substituents is 1. The highest BCUT2D eigenvalue weighted by Gasteiger charge is 2.20. The molecular formula is C11H11N3O3. The van der Waals surface area contributed by atoms with E-state index in [2.05, 4.69) is 5.32 Å². The van der Waals surface area contributed by atoms with Gasteiger partial charge >= 0.3 is 0 Å². The Morgan fingerprint density at radius 1 is 1.59 bits per heavy atom. The summed E-state index contributed by atoms with van der Waals surface area (Å²) in [5.74, 6) is 0. The second kappa shape index (κ2) is 4.91. The van der Waals surface area contributed by atoms with Gasteiger partial charge in [-0.2, -0.15) is 5.26 Å². The molecule has 6 heteroatoms. The molecule has 1 fully saturated rings. The van der Waals surface area contributed by atoms with Gasteiger partial charge in [0.2, 0.25) is 0 Å². The van der Waals surface area contributed by atoms with E-state index in [0.29, 0.717) is 24.3 Å². The van der Waals surface area contributed by atoms with Crippen LogP contribution in [-0.2, 0) is 4.74 Å². The largest absolute Gasteiger partial charge is 0.371 e. The van der Waals surface area contributed by atoms with Crippen molar-refractivity contribution in [2.75, 3.05) is 19.7 Å². The molecule has 2 rings (SSSR count). The van der Waals surface area contributed by atoms with Crippen LogP contribution in [0.5, 0.6) is 0 Å². The topological polar surface area (TPSA) is 88.2 Å². The second-order valence-corrected chi connectivity index (χ2v) is 3.70. The second-order valence-electron chi connectivity index (χ2n) is 3.70. The predicted octanol–water partition coefficient (Wildman–Crippen LogP) is 1.13. The van der Waals surface area contributed by atoms with Crippen molar-refractivity contribution in [2.24, 2.45) is 0 Å². The van der Waals surface area contributed by atoms with Crippen LogP contribution in [0.1, 0.15) is 17.2 Å². The van der Waals surface area contributed by atoms with Crippen LogP contribution in [0, 0.1) is 21.4 Å². The third-order valence-electron chi connectivity index (χ3n) is 2.64. The number of nitro groups is 1. The van der Waals surface area contributed by atoms with Gasteiger partial charge in [0.25, 0.3) is 5.69 Å². The Morgan fingerprint density at radius 3 is 3.00 bits per heavy atom. The van der Waals surface area contributed by atoms with Crippen molar-refractivity contribution in [3.05, 3.63) is 39.4 Å². The highest BCUT2D eigenvalue weighted by molar-refractivity contribution is 5.47. The first kappa shape index (κ1) is 11.5. The number of nitro benzene ring substituents is 1. The number of benzene rings is 1. The van der Waals surface area contributed by atoms with E-state index in [4.69, 9.17) is 10.00 Å². The van der Waals surface area contributed by atoms with Gasteiger partial charge in [-0.3, -0.25) is 10.1 Å². The van der Waals surface area contributed by atoms with Gasteiger partial charge in [0, 0.05) is 30.8 Å². The molecule has 6 nitrogen and oxygen atoms in total. The third kappa shape index (κ3) is 2.41. The van der Waals surface area contributed by atoms with Crippen LogP contribution >= 0.6 is 0 Å². The third-order valence-corrected chi connectivity index (χ3v) is 2.64. The average molecular weight is 233 g/mol. The van der Waals surface area contributed by atoms with Gasteiger partial charge in [-0.05, 0) is 6.07 Å². The van der Waals surface area contributed by atoms with Crippen molar-refractivity contribution < 1.29 is 9.66 Å². The summed E-state index contributed by atoms with van der Waals surface area (Å²) in [4.78, 5) is 10.1. The molecule has 0 saturated carbocycles. The number of morpholine rings is 1. The first-order valence-corrected chi connectivity index (χ1v) is 5.23. The maximum atomic E-state index is 10.6. The molecule has 1 aliphatic heterocycles. The number of hydrogen-bond donors (Lipinski definition) is 1. The minimum Gasteiger partial charge on any atom is -0.371 e. The maximum absolute atomic E-state index is 10.6. The molecule has 0 radical (unpaired) electrons. The highest BCUT2D eigenvalue weighted by Crippen LogP contribution is 2.25. The molecule has 1 N–H and O–H groups in total. The van der Waals surface area contributed by atoms with E-state index in [-0.39, 0.29) is 11.8 Å². The van der Waals surface area contributed by atoms with E-state index in [1.807, 2.05) is 6.07 Å². The molecule has 1 atom stereocenters. The zero-order valence-electron chi connectivity index (χ0n) is 9.05. The van der Waals surface area contributed by atoms with Crippen LogP contribution in [0.4, 0.5) is 5.69 Å². The molecule has 1 aromatic rings. The first-order valence-electron chi connectivity index (χ1n) is 5.23. The molecule has 1 aliphatic rings. The van der Waals surface area contributed by atoms with Crippen LogP contribution in [0.15, 0.2) is 18.2 Å². The van der Waals surface area contributed by atoms with Crippen molar-refractivity contribution in [1.82, 2.24) is 5.32 Å². The minimum atomic E-state index is -0.509. The van der Waals surface area contributed by atoms with Crippen molar-refractivity contribution in [3.8, 4) is 6.07 Å². The molecule has 0 bridgehead atoms. The lowest BCUT2D eigenvalue weighted by atomic mass is 10.0. The monoisotopic (exact) mass is 233 g/mol. The SMILES string of the molecule is N#Cc1cc([N+](=O)[O-])ccc1C1CNCCO1. The Labute approximate surface area is 98.0 Å². The fourth-order valence-electron chi connectivity index (χ4n) is 1.80. The van der Waals surface area contributed by atoms with E-state index in [9.17, 15) is 10.1 Å². The van der Waals surface area contributed by atoms with E-state index < -0.39 is 4.92 Å². The van der Waals surface area contributed by atoms with Gasteiger partial charge in [0.15, 0.2) is 0 Å². The highest BCUT2D eigenvalue weighted by atomic mass is 16.6. The van der Waals surface area contributed by atoms with Gasteiger partial charge in [-0.1, -0.05) is 0 Å². The molecule has 0 spiro atoms. The molecule has 0 aromatic heterocycles. The van der Waals surface area contributed by atoms with E-state index in [1.54, 1.807) is 6.07 Å². The zero-order chi connectivity index (χ0) is 12.3. The fraction of sp³-hybridized carbons (Fsp3) is 0.364. The normalized spacial score (nSPS) is 19.6. The summed E-state index contributed by atoms with van der Waals surface area (Å²) in [5.41, 5.74) is 0.923. The number of hydrogen-bond acceptors (Lipinski definition) is 5. The maximum Gasteiger partial charge on any atom is 0.270 e. The van der Waals surface area contributed by atoms with Crippen molar-refractivity contribution in [1.29, 1.82) is 5.26 Å². The van der Waals surface area contributed by atoms with E-state index in [0.717, 1.165) is 6.54 Å². The van der Waals surface area contributed by atoms with Gasteiger partial charge in [-0.15, -0.1) is 0 Å². The lowest BCUT2D eigenvalue weighted by Crippen LogP contribution is -2.33. The van der Waals surface area contributed by atoms with Crippen LogP contribution in [0.2, 0.25) is 0 Å². The molecule has 1 aromatic carbocycles. The average Bonchev–Trinajstić information content (AvgIpc) is 2.39. The molecule has 0 aliphatic carbocycles. The van der Waals surface area contributed by atoms with Gasteiger partial charge in [-0.25, -0.2) is 0 Å². The molecule has 1 heterocycles. The molecule has 0 amide bonds. The zero-order valence-corrected chi connectivity index (χ0v) is 9.05. The van der Waals surface area contributed by atoms with Gasteiger partial charge in [0.1, 0.15) is 0 Å². The Morgan fingerprint density at radius 2 is 2.41 bits per heavy atom. The molecular weight excluding hydrogens is 222 g/mol. The molecule has 1 unspecified atom stereocenters. The van der Waals surface area contributed by atoms with Crippen molar-refractivity contribution in [3.63, 3.8) is 0 Å². The summed E-state index contributed by atoms with van der Waals surface area (Å²) in [6.45, 7) is 1.98. The molecule has 1 saturated heterocycles. The lowest BCUT2D eigenvalue weighted by molar-refractivity contribution is -0.384. The fourth-order valence-corrected chi connectivity index (χ4v) is 1.80. The van der Waals surface area contributed by atoms with Crippen LogP contribution < -0.4 is 5.32 Å². The Bertz CT molecular complexity index is 475. The van der Waals surface area contributed by atoms with Gasteiger partial charge < -0.3 is 10.1 Å².